The number of carbonyl (C=O) groups is 2. The number of benzene rings is 2. The Bertz CT molecular complexity index is 1520. The molecular weight excluding hydrogens is 636 g/mol. The zero-order chi connectivity index (χ0) is 34.7. The van der Waals surface area contributed by atoms with Crippen molar-refractivity contribution in [2.24, 2.45) is 5.41 Å². The lowest BCUT2D eigenvalue weighted by atomic mass is 9.93. The summed E-state index contributed by atoms with van der Waals surface area (Å²) in [6, 6.07) is -0.224. The molecule has 16 heteroatoms. The molecule has 4 nitrogen and oxygen atoms in total. The van der Waals surface area contributed by atoms with Crippen molar-refractivity contribution in [2.75, 3.05) is 6.54 Å². The molecule has 0 spiro atoms. The second kappa shape index (κ2) is 13.5. The molecule has 45 heavy (non-hydrogen) atoms. The molecule has 0 aliphatic heterocycles. The van der Waals surface area contributed by atoms with E-state index >= 15 is 4.39 Å². The van der Waals surface area contributed by atoms with Gasteiger partial charge in [-0.2, -0.15) is 39.5 Å². The summed E-state index contributed by atoms with van der Waals surface area (Å²) >= 11 is 0. The first-order valence-electron chi connectivity index (χ1n) is 12.6. The van der Waals surface area contributed by atoms with Gasteiger partial charge in [-0.1, -0.05) is 17.9 Å². The summed E-state index contributed by atoms with van der Waals surface area (Å²) < 4.78 is 164. The van der Waals surface area contributed by atoms with E-state index in [2.05, 4.69) is 11.8 Å². The highest BCUT2D eigenvalue weighted by Gasteiger charge is 2.41. The maximum Gasteiger partial charge on any atom is 0.417 e. The molecule has 2 amide bonds. The molecule has 0 fully saturated rings. The van der Waals surface area contributed by atoms with Gasteiger partial charge in [0.2, 0.25) is 5.91 Å². The Kier molecular flexibility index (Phi) is 11.1. The van der Waals surface area contributed by atoms with Gasteiger partial charge in [0.05, 0.1) is 16.7 Å². The van der Waals surface area contributed by atoms with E-state index in [0.29, 0.717) is 18.2 Å². The molecule has 2 rings (SSSR count). The van der Waals surface area contributed by atoms with E-state index < -0.39 is 99.5 Å². The second-order valence-corrected chi connectivity index (χ2v) is 10.7. The molecule has 0 radical (unpaired) electrons. The van der Waals surface area contributed by atoms with E-state index in [4.69, 9.17) is 0 Å². The van der Waals surface area contributed by atoms with Gasteiger partial charge in [-0.15, -0.1) is 0 Å². The number of hydrogen-bond donors (Lipinski definition) is 2. The Morgan fingerprint density at radius 2 is 1.53 bits per heavy atom. The average Bonchev–Trinajstić information content (AvgIpc) is 2.88. The smallest absolute Gasteiger partial charge is 0.345 e. The molecule has 2 aromatic carbocycles. The van der Waals surface area contributed by atoms with Gasteiger partial charge in [0.25, 0.3) is 5.91 Å². The number of amides is 2. The van der Waals surface area contributed by atoms with Crippen LogP contribution in [0.1, 0.15) is 66.2 Å². The number of carbonyl (C=O) groups excluding carboxylic acids is 2. The largest absolute Gasteiger partial charge is 0.417 e. The lowest BCUT2D eigenvalue weighted by Crippen LogP contribution is -2.47. The van der Waals surface area contributed by atoms with Crippen LogP contribution in [0.2, 0.25) is 0 Å². The quantitative estimate of drug-likeness (QED) is 0.235. The highest BCUT2D eigenvalue weighted by atomic mass is 19.4. The standard InChI is InChI=1S/C29H24F12N2O2/c1-14(24(44)42-13-27(33,34)35)43-25(45)18-6-5-15(10-20(18)29(39,40)41)21(30)12-19(28(36,37)38)17-9-16(7-8-26(2,3)4)23(32)22(31)11-17/h5-6,9-12,14,19H,13H2,1-4H3,(H,42,44)(H,43,45)/b21-12-. The van der Waals surface area contributed by atoms with Gasteiger partial charge >= 0.3 is 18.5 Å². The van der Waals surface area contributed by atoms with E-state index in [1.165, 1.54) is 5.32 Å². The van der Waals surface area contributed by atoms with Crippen LogP contribution in [0.25, 0.3) is 5.83 Å². The van der Waals surface area contributed by atoms with Crippen molar-refractivity contribution in [3.8, 4) is 11.8 Å². The third-order valence-electron chi connectivity index (χ3n) is 5.70. The van der Waals surface area contributed by atoms with Crippen LogP contribution < -0.4 is 10.6 Å². The zero-order valence-corrected chi connectivity index (χ0v) is 23.7. The molecule has 0 aliphatic rings. The Hall–Kier alpha value is -4.16. The Morgan fingerprint density at radius 1 is 0.933 bits per heavy atom. The van der Waals surface area contributed by atoms with Crippen LogP contribution >= 0.6 is 0 Å². The molecule has 0 saturated heterocycles. The Balaban J connectivity index is 2.54. The summed E-state index contributed by atoms with van der Waals surface area (Å²) in [5, 5.41) is 3.16. The van der Waals surface area contributed by atoms with Gasteiger partial charge in [-0.3, -0.25) is 9.59 Å². The van der Waals surface area contributed by atoms with Crippen molar-refractivity contribution in [3.05, 3.63) is 75.9 Å². The summed E-state index contributed by atoms with van der Waals surface area (Å²) in [5.41, 5.74) is -6.76. The molecule has 0 aliphatic carbocycles. The monoisotopic (exact) mass is 660 g/mol. The fourth-order valence-electron chi connectivity index (χ4n) is 3.56. The van der Waals surface area contributed by atoms with Gasteiger partial charge in [0.15, 0.2) is 11.6 Å². The number of hydrogen-bond acceptors (Lipinski definition) is 2. The molecule has 0 saturated carbocycles. The van der Waals surface area contributed by atoms with Crippen molar-refractivity contribution >= 4 is 17.6 Å². The predicted octanol–water partition coefficient (Wildman–Crippen LogP) is 7.83. The van der Waals surface area contributed by atoms with E-state index in [1.807, 2.05) is 0 Å². The van der Waals surface area contributed by atoms with Crippen molar-refractivity contribution in [2.45, 2.75) is 58.2 Å². The van der Waals surface area contributed by atoms with Crippen LogP contribution in [-0.4, -0.2) is 36.8 Å². The highest BCUT2D eigenvalue weighted by molar-refractivity contribution is 5.99. The molecule has 0 aromatic heterocycles. The maximum atomic E-state index is 15.1. The summed E-state index contributed by atoms with van der Waals surface area (Å²) in [7, 11) is 0. The first-order chi connectivity index (χ1) is 20.3. The number of rotatable bonds is 7. The molecule has 2 unspecified atom stereocenters. The summed E-state index contributed by atoms with van der Waals surface area (Å²) in [6.45, 7) is 3.80. The number of alkyl halides is 9. The fraction of sp³-hybridized carbons (Fsp3) is 0.379. The van der Waals surface area contributed by atoms with Crippen LogP contribution in [0, 0.1) is 28.9 Å². The molecule has 2 N–H and O–H groups in total. The van der Waals surface area contributed by atoms with E-state index in [1.54, 1.807) is 26.1 Å². The predicted molar refractivity (Wildman–Crippen MR) is 138 cm³/mol. The first-order valence-corrected chi connectivity index (χ1v) is 12.6. The molecule has 0 heterocycles. The normalized spacial score (nSPS) is 14.3. The van der Waals surface area contributed by atoms with Crippen molar-refractivity contribution in [1.29, 1.82) is 0 Å². The minimum atomic E-state index is -5.41. The summed E-state index contributed by atoms with van der Waals surface area (Å²) in [5.74, 6) is -6.49. The SMILES string of the molecule is CC(NC(=O)c1ccc(/C(F)=C/C(c2cc(F)c(F)c(C#CC(C)(C)C)c2)C(F)(F)F)cc1C(F)(F)F)C(=O)NCC(F)(F)F. The topological polar surface area (TPSA) is 58.2 Å². The highest BCUT2D eigenvalue weighted by Crippen LogP contribution is 2.40. The summed E-state index contributed by atoms with van der Waals surface area (Å²) in [4.78, 5) is 24.2. The number of halogens is 12. The average molecular weight is 660 g/mol. The third kappa shape index (κ3) is 10.8. The van der Waals surface area contributed by atoms with Crippen LogP contribution in [0.5, 0.6) is 0 Å². The van der Waals surface area contributed by atoms with Crippen LogP contribution in [0.15, 0.2) is 36.4 Å². The molecule has 2 aromatic rings. The van der Waals surface area contributed by atoms with Crippen LogP contribution in [-0.2, 0) is 11.0 Å². The van der Waals surface area contributed by atoms with Gasteiger partial charge < -0.3 is 10.6 Å². The third-order valence-corrected chi connectivity index (χ3v) is 5.70. The van der Waals surface area contributed by atoms with Crippen molar-refractivity contribution in [1.82, 2.24) is 10.6 Å². The molecule has 0 bridgehead atoms. The molecular formula is C29H24F12N2O2. The van der Waals surface area contributed by atoms with Crippen molar-refractivity contribution in [3.63, 3.8) is 0 Å². The lowest BCUT2D eigenvalue weighted by molar-refractivity contribution is -0.140. The van der Waals surface area contributed by atoms with Gasteiger partial charge in [0, 0.05) is 11.0 Å². The van der Waals surface area contributed by atoms with Gasteiger partial charge in [0.1, 0.15) is 24.3 Å². The van der Waals surface area contributed by atoms with E-state index in [9.17, 15) is 57.9 Å². The lowest BCUT2D eigenvalue weighted by Gasteiger charge is -2.19. The minimum Gasteiger partial charge on any atom is -0.345 e. The number of nitrogens with one attached hydrogen (secondary N) is 2. The molecule has 246 valence electrons. The van der Waals surface area contributed by atoms with Crippen LogP contribution in [0.4, 0.5) is 52.7 Å². The van der Waals surface area contributed by atoms with E-state index in [0.717, 1.165) is 6.92 Å². The van der Waals surface area contributed by atoms with Crippen molar-refractivity contribution < 1.29 is 62.3 Å². The Labute approximate surface area is 248 Å². The maximum absolute atomic E-state index is 15.1. The van der Waals surface area contributed by atoms with Crippen LogP contribution in [0.3, 0.4) is 0 Å². The first kappa shape index (κ1) is 37.0. The summed E-state index contributed by atoms with van der Waals surface area (Å²) in [6.07, 6.45) is -15.8. The Morgan fingerprint density at radius 3 is 2.04 bits per heavy atom. The minimum absolute atomic E-state index is 0.00590. The molecule has 2 atom stereocenters. The van der Waals surface area contributed by atoms with Gasteiger partial charge in [-0.05, 0) is 63.6 Å². The fourth-order valence-corrected chi connectivity index (χ4v) is 3.56. The number of allylic oxidation sites excluding steroid dienone is 1. The van der Waals surface area contributed by atoms with Gasteiger partial charge in [-0.25, -0.2) is 13.2 Å². The van der Waals surface area contributed by atoms with E-state index in [-0.39, 0.29) is 18.2 Å². The zero-order valence-electron chi connectivity index (χ0n) is 23.7. The second-order valence-electron chi connectivity index (χ2n) is 10.7.